The minimum atomic E-state index is -0.811. The first-order valence-corrected chi connectivity index (χ1v) is 7.54. The second-order valence-corrected chi connectivity index (χ2v) is 5.63. The van der Waals surface area contributed by atoms with Gasteiger partial charge in [0, 0.05) is 19.6 Å². The number of ether oxygens (including phenoxy) is 1. The Hall–Kier alpha value is -1.46. The zero-order valence-electron chi connectivity index (χ0n) is 12.8. The van der Waals surface area contributed by atoms with Crippen molar-refractivity contribution in [2.24, 2.45) is 0 Å². The van der Waals surface area contributed by atoms with Crippen LogP contribution < -0.4 is 0 Å². The Kier molecular flexibility index (Phi) is 6.54. The molecule has 0 amide bonds. The van der Waals surface area contributed by atoms with Crippen LogP contribution in [0.15, 0.2) is 54.6 Å². The van der Waals surface area contributed by atoms with Crippen LogP contribution in [0, 0.1) is 5.82 Å². The first kappa shape index (κ1) is 17.9. The molecule has 0 aromatic heterocycles. The molecule has 0 bridgehead atoms. The van der Waals surface area contributed by atoms with Crippen LogP contribution in [0.3, 0.4) is 0 Å². The Bertz CT molecular complexity index is 611. The number of aliphatic hydroxyl groups excluding tert-OH is 1. The van der Waals surface area contributed by atoms with Crippen LogP contribution in [0.4, 0.5) is 4.39 Å². The van der Waals surface area contributed by atoms with E-state index in [1.54, 1.807) is 12.1 Å². The van der Waals surface area contributed by atoms with Gasteiger partial charge in [-0.15, -0.1) is 12.4 Å². The topological polar surface area (TPSA) is 32.7 Å². The number of hydrogen-bond donors (Lipinski definition) is 1. The summed E-state index contributed by atoms with van der Waals surface area (Å²) in [6.07, 6.45) is -1.14. The number of halogens is 2. The summed E-state index contributed by atoms with van der Waals surface area (Å²) in [6.45, 7) is 2.87. The van der Waals surface area contributed by atoms with Gasteiger partial charge in [-0.05, 0) is 23.3 Å². The third kappa shape index (κ3) is 4.75. The number of rotatable bonds is 4. The maximum atomic E-state index is 13.3. The molecule has 23 heavy (non-hydrogen) atoms. The van der Waals surface area contributed by atoms with Gasteiger partial charge in [-0.25, -0.2) is 4.39 Å². The highest BCUT2D eigenvalue weighted by atomic mass is 35.5. The summed E-state index contributed by atoms with van der Waals surface area (Å²) in [7, 11) is 0. The minimum absolute atomic E-state index is 0. The monoisotopic (exact) mass is 337 g/mol. The lowest BCUT2D eigenvalue weighted by Crippen LogP contribution is -2.44. The van der Waals surface area contributed by atoms with Crippen molar-refractivity contribution in [2.45, 2.75) is 18.8 Å². The van der Waals surface area contributed by atoms with Gasteiger partial charge in [-0.1, -0.05) is 42.5 Å². The molecule has 124 valence electrons. The van der Waals surface area contributed by atoms with Crippen molar-refractivity contribution >= 4 is 12.4 Å². The van der Waals surface area contributed by atoms with Crippen LogP contribution in [-0.2, 0) is 11.3 Å². The van der Waals surface area contributed by atoms with Gasteiger partial charge in [0.1, 0.15) is 18.0 Å². The molecule has 2 unspecified atom stereocenters. The zero-order chi connectivity index (χ0) is 15.4. The van der Waals surface area contributed by atoms with E-state index in [9.17, 15) is 9.50 Å². The van der Waals surface area contributed by atoms with E-state index in [2.05, 4.69) is 17.0 Å². The molecule has 2 aromatic carbocycles. The molecule has 1 fully saturated rings. The lowest BCUT2D eigenvalue weighted by atomic mass is 10.0. The molecule has 5 heteroatoms. The maximum Gasteiger partial charge on any atom is 0.123 e. The van der Waals surface area contributed by atoms with E-state index in [0.29, 0.717) is 18.7 Å². The van der Waals surface area contributed by atoms with Crippen LogP contribution in [0.25, 0.3) is 0 Å². The third-order valence-corrected chi connectivity index (χ3v) is 3.97. The van der Waals surface area contributed by atoms with Crippen molar-refractivity contribution in [3.8, 4) is 0 Å². The number of aliphatic hydroxyl groups is 1. The van der Waals surface area contributed by atoms with Gasteiger partial charge in [0.2, 0.25) is 0 Å². The number of nitrogens with zero attached hydrogens (tertiary/aromatic N) is 1. The fourth-order valence-electron chi connectivity index (χ4n) is 2.81. The molecule has 0 aliphatic carbocycles. The first-order valence-electron chi connectivity index (χ1n) is 7.54. The van der Waals surface area contributed by atoms with Crippen molar-refractivity contribution in [3.63, 3.8) is 0 Å². The largest absolute Gasteiger partial charge is 0.386 e. The summed E-state index contributed by atoms with van der Waals surface area (Å²) < 4.78 is 19.0. The molecular formula is C18H21ClFNO2. The molecule has 1 heterocycles. The standard InChI is InChI=1S/C18H20FNO2.ClH/c19-16-8-4-7-15(11-16)18(21)17-13-20(9-10-22-17)12-14-5-2-1-3-6-14;/h1-8,11,17-18,21H,9-10,12-13H2;1H. The highest BCUT2D eigenvalue weighted by Gasteiger charge is 2.28. The summed E-state index contributed by atoms with van der Waals surface area (Å²) >= 11 is 0. The number of benzene rings is 2. The summed E-state index contributed by atoms with van der Waals surface area (Å²) in [5.74, 6) is -0.339. The van der Waals surface area contributed by atoms with Crippen LogP contribution >= 0.6 is 12.4 Å². The fraction of sp³-hybridized carbons (Fsp3) is 0.333. The minimum Gasteiger partial charge on any atom is -0.386 e. The Morgan fingerprint density at radius 3 is 2.70 bits per heavy atom. The molecule has 2 atom stereocenters. The van der Waals surface area contributed by atoms with Crippen LogP contribution in [0.2, 0.25) is 0 Å². The molecule has 0 saturated carbocycles. The summed E-state index contributed by atoms with van der Waals surface area (Å²) in [6, 6.07) is 16.3. The van der Waals surface area contributed by atoms with Gasteiger partial charge < -0.3 is 9.84 Å². The fourth-order valence-corrected chi connectivity index (χ4v) is 2.81. The molecule has 0 spiro atoms. The number of hydrogen-bond acceptors (Lipinski definition) is 3. The van der Waals surface area contributed by atoms with Gasteiger partial charge in [-0.3, -0.25) is 4.90 Å². The molecule has 1 saturated heterocycles. The molecule has 3 rings (SSSR count). The van der Waals surface area contributed by atoms with E-state index < -0.39 is 6.10 Å². The lowest BCUT2D eigenvalue weighted by molar-refractivity contribution is -0.0919. The maximum absolute atomic E-state index is 13.3. The molecule has 1 N–H and O–H groups in total. The second-order valence-electron chi connectivity index (χ2n) is 5.63. The van der Waals surface area contributed by atoms with Gasteiger partial charge in [0.25, 0.3) is 0 Å². The Morgan fingerprint density at radius 1 is 1.17 bits per heavy atom. The highest BCUT2D eigenvalue weighted by molar-refractivity contribution is 5.85. The van der Waals surface area contributed by atoms with Crippen molar-refractivity contribution in [3.05, 3.63) is 71.5 Å². The average molecular weight is 338 g/mol. The van der Waals surface area contributed by atoms with Crippen molar-refractivity contribution in [1.29, 1.82) is 0 Å². The van der Waals surface area contributed by atoms with Crippen LogP contribution in [0.1, 0.15) is 17.2 Å². The van der Waals surface area contributed by atoms with Crippen molar-refractivity contribution in [1.82, 2.24) is 4.90 Å². The normalized spacial score (nSPS) is 19.8. The third-order valence-electron chi connectivity index (χ3n) is 3.97. The quantitative estimate of drug-likeness (QED) is 0.930. The van der Waals surface area contributed by atoms with Crippen molar-refractivity contribution < 1.29 is 14.2 Å². The van der Waals surface area contributed by atoms with Gasteiger partial charge >= 0.3 is 0 Å². The van der Waals surface area contributed by atoms with E-state index >= 15 is 0 Å². The van der Waals surface area contributed by atoms with Gasteiger partial charge in [0.15, 0.2) is 0 Å². The Balaban J connectivity index is 0.00000192. The SMILES string of the molecule is Cl.OC(c1cccc(F)c1)C1CN(Cc2ccccc2)CCO1. The van der Waals surface area contributed by atoms with E-state index in [1.165, 1.54) is 17.7 Å². The smallest absolute Gasteiger partial charge is 0.123 e. The van der Waals surface area contributed by atoms with E-state index in [-0.39, 0.29) is 24.3 Å². The van der Waals surface area contributed by atoms with Crippen LogP contribution in [-0.4, -0.2) is 35.8 Å². The first-order chi connectivity index (χ1) is 10.7. The van der Waals surface area contributed by atoms with E-state index in [0.717, 1.165) is 13.1 Å². The Labute approximate surface area is 142 Å². The summed E-state index contributed by atoms with van der Waals surface area (Å²) in [5, 5.41) is 10.4. The zero-order valence-corrected chi connectivity index (χ0v) is 13.6. The molecule has 0 radical (unpaired) electrons. The Morgan fingerprint density at radius 2 is 1.96 bits per heavy atom. The van der Waals surface area contributed by atoms with Crippen LogP contribution in [0.5, 0.6) is 0 Å². The highest BCUT2D eigenvalue weighted by Crippen LogP contribution is 2.23. The average Bonchev–Trinajstić information content (AvgIpc) is 2.55. The molecule has 3 nitrogen and oxygen atoms in total. The molecule has 2 aromatic rings. The number of morpholine rings is 1. The summed E-state index contributed by atoms with van der Waals surface area (Å²) in [4.78, 5) is 2.26. The summed E-state index contributed by atoms with van der Waals surface area (Å²) in [5.41, 5.74) is 1.80. The van der Waals surface area contributed by atoms with Gasteiger partial charge in [-0.2, -0.15) is 0 Å². The van der Waals surface area contributed by atoms with Gasteiger partial charge in [0.05, 0.1) is 6.61 Å². The predicted molar refractivity (Wildman–Crippen MR) is 90.1 cm³/mol. The lowest BCUT2D eigenvalue weighted by Gasteiger charge is -2.35. The molecule has 1 aliphatic heterocycles. The van der Waals surface area contributed by atoms with E-state index in [1.807, 2.05) is 18.2 Å². The van der Waals surface area contributed by atoms with Crippen molar-refractivity contribution in [2.75, 3.05) is 19.7 Å². The predicted octanol–water partition coefficient (Wildman–Crippen LogP) is 3.18. The van der Waals surface area contributed by atoms with E-state index in [4.69, 9.17) is 4.74 Å². The molecule has 1 aliphatic rings. The second kappa shape index (κ2) is 8.41. The molecular weight excluding hydrogens is 317 g/mol.